The zero-order valence-corrected chi connectivity index (χ0v) is 21.0. The van der Waals surface area contributed by atoms with Gasteiger partial charge in [-0.05, 0) is 61.1 Å². The molecule has 33 heavy (non-hydrogen) atoms. The van der Waals surface area contributed by atoms with Crippen LogP contribution in [0, 0.1) is 0 Å². The number of benzene rings is 2. The Labute approximate surface area is 204 Å². The molecule has 0 amide bonds. The monoisotopic (exact) mass is 489 g/mol. The molecule has 180 valence electrons. The van der Waals surface area contributed by atoms with Crippen molar-refractivity contribution < 1.29 is 8.42 Å². The summed E-state index contributed by atoms with van der Waals surface area (Å²) in [7, 11) is -3.05. The van der Waals surface area contributed by atoms with Gasteiger partial charge in [-0.2, -0.15) is 0 Å². The highest BCUT2D eigenvalue weighted by atomic mass is 35.5. The summed E-state index contributed by atoms with van der Waals surface area (Å²) < 4.78 is 26.6. The van der Waals surface area contributed by atoms with Gasteiger partial charge in [0, 0.05) is 43.8 Å². The minimum atomic E-state index is -3.05. The zero-order chi connectivity index (χ0) is 23.1. The van der Waals surface area contributed by atoms with E-state index in [1.807, 2.05) is 18.2 Å². The summed E-state index contributed by atoms with van der Waals surface area (Å²) >= 11 is 6.22. The molecule has 1 saturated carbocycles. The van der Waals surface area contributed by atoms with Crippen LogP contribution in [0.25, 0.3) is 11.1 Å². The molecule has 0 atom stereocenters. The molecular formula is C26H36ClN3O2S. The highest BCUT2D eigenvalue weighted by Crippen LogP contribution is 2.27. The Balaban J connectivity index is 1.14. The number of nitrogens with one attached hydrogen (secondary N) is 1. The number of piperazine rings is 1. The van der Waals surface area contributed by atoms with E-state index < -0.39 is 10.0 Å². The molecule has 1 heterocycles. The van der Waals surface area contributed by atoms with E-state index in [-0.39, 0.29) is 11.8 Å². The molecular weight excluding hydrogens is 454 g/mol. The van der Waals surface area contributed by atoms with Crippen LogP contribution < -0.4 is 4.72 Å². The SMILES string of the molecule is O=S(=O)(CCCCCCN1CCN(Cc2ccccc2-c2cccc(Cl)c2)CC1)NC1CC1. The van der Waals surface area contributed by atoms with Crippen molar-refractivity contribution in [3.8, 4) is 11.1 Å². The van der Waals surface area contributed by atoms with Crippen molar-refractivity contribution in [3.63, 3.8) is 0 Å². The van der Waals surface area contributed by atoms with Gasteiger partial charge >= 0.3 is 0 Å². The summed E-state index contributed by atoms with van der Waals surface area (Å²) in [5.41, 5.74) is 3.78. The third kappa shape index (κ3) is 8.08. The van der Waals surface area contributed by atoms with Crippen LogP contribution in [0.3, 0.4) is 0 Å². The molecule has 2 aliphatic rings. The van der Waals surface area contributed by atoms with Crippen molar-refractivity contribution in [2.75, 3.05) is 38.5 Å². The Kier molecular flexibility index (Phi) is 8.83. The van der Waals surface area contributed by atoms with Gasteiger partial charge in [0.05, 0.1) is 5.75 Å². The smallest absolute Gasteiger partial charge is 0.211 e. The van der Waals surface area contributed by atoms with Crippen LogP contribution in [-0.4, -0.2) is 62.7 Å². The summed E-state index contributed by atoms with van der Waals surface area (Å²) in [6.07, 6.45) is 6.01. The van der Waals surface area contributed by atoms with Gasteiger partial charge in [0.25, 0.3) is 0 Å². The van der Waals surface area contributed by atoms with Crippen LogP contribution in [0.4, 0.5) is 0 Å². The molecule has 2 aromatic rings. The van der Waals surface area contributed by atoms with Crippen LogP contribution in [0.15, 0.2) is 48.5 Å². The fourth-order valence-corrected chi connectivity index (χ4v) is 6.14. The van der Waals surface area contributed by atoms with Crippen LogP contribution in [-0.2, 0) is 16.6 Å². The zero-order valence-electron chi connectivity index (χ0n) is 19.4. The maximum Gasteiger partial charge on any atom is 0.211 e. The van der Waals surface area contributed by atoms with Crippen molar-refractivity contribution >= 4 is 21.6 Å². The summed E-state index contributed by atoms with van der Waals surface area (Å²) in [6.45, 7) is 6.42. The molecule has 7 heteroatoms. The predicted octanol–water partition coefficient (Wildman–Crippen LogP) is 4.77. The molecule has 0 radical (unpaired) electrons. The van der Waals surface area contributed by atoms with E-state index in [1.165, 1.54) is 16.7 Å². The summed E-state index contributed by atoms with van der Waals surface area (Å²) in [6, 6.07) is 16.9. The normalized spacial score (nSPS) is 18.0. The lowest BCUT2D eigenvalue weighted by Gasteiger charge is -2.35. The molecule has 0 spiro atoms. The standard InChI is InChI=1S/C26H36ClN3O2S/c27-24-10-7-9-22(20-24)26-11-4-3-8-23(26)21-30-17-15-29(16-18-30)14-5-1-2-6-19-33(31,32)28-25-12-13-25/h3-4,7-11,20,25,28H,1-2,5-6,12-19,21H2. The van der Waals surface area contributed by atoms with E-state index in [1.54, 1.807) is 0 Å². The third-order valence-electron chi connectivity index (χ3n) is 6.57. The molecule has 1 N–H and O–H groups in total. The number of nitrogens with zero attached hydrogens (tertiary/aromatic N) is 2. The fraction of sp³-hybridized carbons (Fsp3) is 0.538. The predicted molar refractivity (Wildman–Crippen MR) is 137 cm³/mol. The van der Waals surface area contributed by atoms with E-state index in [2.05, 4.69) is 44.9 Å². The largest absolute Gasteiger partial charge is 0.301 e. The first-order valence-corrected chi connectivity index (χ1v) is 14.3. The van der Waals surface area contributed by atoms with E-state index in [9.17, 15) is 8.42 Å². The second-order valence-corrected chi connectivity index (χ2v) is 11.7. The Hall–Kier alpha value is -1.44. The molecule has 2 aromatic carbocycles. The van der Waals surface area contributed by atoms with Crippen molar-refractivity contribution in [3.05, 3.63) is 59.1 Å². The maximum absolute atomic E-state index is 11.9. The lowest BCUT2D eigenvalue weighted by Crippen LogP contribution is -2.46. The second kappa shape index (κ2) is 11.8. The first-order chi connectivity index (χ1) is 16.0. The lowest BCUT2D eigenvalue weighted by atomic mass is 9.99. The van der Waals surface area contributed by atoms with Gasteiger partial charge in [-0.15, -0.1) is 0 Å². The number of sulfonamides is 1. The number of hydrogen-bond acceptors (Lipinski definition) is 4. The Morgan fingerprint density at radius 3 is 2.36 bits per heavy atom. The first-order valence-electron chi connectivity index (χ1n) is 12.3. The summed E-state index contributed by atoms with van der Waals surface area (Å²) in [4.78, 5) is 5.09. The molecule has 4 rings (SSSR count). The number of rotatable bonds is 12. The minimum absolute atomic E-state index is 0.221. The van der Waals surface area contributed by atoms with Gasteiger partial charge < -0.3 is 4.90 Å². The molecule has 0 aromatic heterocycles. The second-order valence-electron chi connectivity index (χ2n) is 9.41. The van der Waals surface area contributed by atoms with Gasteiger partial charge in [0.1, 0.15) is 0 Å². The quantitative estimate of drug-likeness (QED) is 0.436. The van der Waals surface area contributed by atoms with Crippen LogP contribution in [0.5, 0.6) is 0 Å². The van der Waals surface area contributed by atoms with E-state index in [4.69, 9.17) is 11.6 Å². The van der Waals surface area contributed by atoms with Crippen LogP contribution in [0.1, 0.15) is 44.1 Å². The maximum atomic E-state index is 11.9. The molecule has 5 nitrogen and oxygen atoms in total. The van der Waals surface area contributed by atoms with Gasteiger partial charge in [0.2, 0.25) is 10.0 Å². The molecule has 1 aliphatic carbocycles. The molecule has 0 unspecified atom stereocenters. The molecule has 1 aliphatic heterocycles. The van der Waals surface area contributed by atoms with Gasteiger partial charge in [-0.1, -0.05) is 60.8 Å². The highest BCUT2D eigenvalue weighted by Gasteiger charge is 2.26. The topological polar surface area (TPSA) is 52.7 Å². The van der Waals surface area contributed by atoms with Crippen molar-refractivity contribution in [1.82, 2.24) is 14.5 Å². The average molecular weight is 490 g/mol. The fourth-order valence-electron chi connectivity index (χ4n) is 4.50. The van der Waals surface area contributed by atoms with Gasteiger partial charge in [-0.3, -0.25) is 4.90 Å². The van der Waals surface area contributed by atoms with Crippen LogP contribution in [0.2, 0.25) is 5.02 Å². The Bertz CT molecular complexity index is 1000. The first kappa shape index (κ1) is 24.7. The van der Waals surface area contributed by atoms with E-state index in [0.717, 1.165) is 82.8 Å². The number of unbranched alkanes of at least 4 members (excludes halogenated alkanes) is 3. The Morgan fingerprint density at radius 1 is 0.879 bits per heavy atom. The average Bonchev–Trinajstić information content (AvgIpc) is 3.61. The summed E-state index contributed by atoms with van der Waals surface area (Å²) in [5.74, 6) is 0.277. The van der Waals surface area contributed by atoms with Crippen molar-refractivity contribution in [1.29, 1.82) is 0 Å². The number of halogens is 1. The molecule has 1 saturated heterocycles. The van der Waals surface area contributed by atoms with Gasteiger partial charge in [0.15, 0.2) is 0 Å². The van der Waals surface area contributed by atoms with E-state index >= 15 is 0 Å². The highest BCUT2D eigenvalue weighted by molar-refractivity contribution is 7.89. The van der Waals surface area contributed by atoms with Crippen LogP contribution >= 0.6 is 11.6 Å². The molecule has 0 bridgehead atoms. The Morgan fingerprint density at radius 2 is 1.61 bits per heavy atom. The van der Waals surface area contributed by atoms with E-state index in [0.29, 0.717) is 0 Å². The third-order valence-corrected chi connectivity index (χ3v) is 8.33. The minimum Gasteiger partial charge on any atom is -0.301 e. The lowest BCUT2D eigenvalue weighted by molar-refractivity contribution is 0.125. The number of hydrogen-bond donors (Lipinski definition) is 1. The summed E-state index contributed by atoms with van der Waals surface area (Å²) in [5, 5.41) is 0.771. The van der Waals surface area contributed by atoms with Crippen molar-refractivity contribution in [2.24, 2.45) is 0 Å². The molecule has 2 fully saturated rings. The van der Waals surface area contributed by atoms with Crippen molar-refractivity contribution in [2.45, 2.75) is 51.1 Å². The van der Waals surface area contributed by atoms with Gasteiger partial charge in [-0.25, -0.2) is 13.1 Å².